The molecule has 3 heterocycles. The van der Waals surface area contributed by atoms with E-state index >= 15 is 0 Å². The van der Waals surface area contributed by atoms with Gasteiger partial charge >= 0.3 is 0 Å². The predicted octanol–water partition coefficient (Wildman–Crippen LogP) is 2.89. The van der Waals surface area contributed by atoms with Crippen LogP contribution in [0.15, 0.2) is 12.1 Å². The Labute approximate surface area is 164 Å². The van der Waals surface area contributed by atoms with Gasteiger partial charge in [0.15, 0.2) is 4.77 Å². The highest BCUT2D eigenvalue weighted by molar-refractivity contribution is 7.71. The lowest BCUT2D eigenvalue weighted by Crippen LogP contribution is -2.49. The van der Waals surface area contributed by atoms with E-state index in [1.807, 2.05) is 4.57 Å². The summed E-state index contributed by atoms with van der Waals surface area (Å²) in [7, 11) is 1.80. The second-order valence-electron chi connectivity index (χ2n) is 6.98. The van der Waals surface area contributed by atoms with Crippen molar-refractivity contribution in [2.75, 3.05) is 13.2 Å². The Morgan fingerprint density at radius 2 is 2.15 bits per heavy atom. The summed E-state index contributed by atoms with van der Waals surface area (Å²) in [5, 5.41) is 2.80. The summed E-state index contributed by atoms with van der Waals surface area (Å²) < 4.78 is 38.0. The normalized spacial score (nSPS) is 19.0. The number of aromatic nitrogens is 2. The van der Waals surface area contributed by atoms with E-state index in [0.717, 1.165) is 11.4 Å². The van der Waals surface area contributed by atoms with Gasteiger partial charge in [0.1, 0.15) is 11.6 Å². The van der Waals surface area contributed by atoms with E-state index in [1.54, 1.807) is 11.6 Å². The van der Waals surface area contributed by atoms with Crippen LogP contribution in [0, 0.1) is 16.4 Å². The first-order valence-electron chi connectivity index (χ1n) is 8.64. The first kappa shape index (κ1) is 18.6. The number of amides is 1. The van der Waals surface area contributed by atoms with E-state index in [-0.39, 0.29) is 29.0 Å². The van der Waals surface area contributed by atoms with Crippen molar-refractivity contribution >= 4 is 29.7 Å². The molecule has 1 aromatic heterocycles. The quantitative estimate of drug-likeness (QED) is 0.619. The Kier molecular flexibility index (Phi) is 4.82. The summed E-state index contributed by atoms with van der Waals surface area (Å²) in [5.74, 6) is -1.88. The van der Waals surface area contributed by atoms with Crippen LogP contribution < -0.4 is 5.32 Å². The summed E-state index contributed by atoms with van der Waals surface area (Å²) in [4.78, 5) is 12.3. The van der Waals surface area contributed by atoms with Gasteiger partial charge in [-0.2, -0.15) is 0 Å². The Hall–Kier alpha value is -1.77. The molecule has 0 bridgehead atoms. The number of ether oxygens (including phenoxy) is 1. The molecule has 1 saturated heterocycles. The topological polar surface area (TPSA) is 48.2 Å². The highest BCUT2D eigenvalue weighted by Crippen LogP contribution is 2.37. The third-order valence-electron chi connectivity index (χ3n) is 5.24. The van der Waals surface area contributed by atoms with Crippen LogP contribution in [-0.4, -0.2) is 34.3 Å². The van der Waals surface area contributed by atoms with Crippen LogP contribution >= 0.6 is 23.8 Å². The predicted molar refractivity (Wildman–Crippen MR) is 98.5 cm³/mol. The molecular formula is C18H18ClF2N3O2S. The van der Waals surface area contributed by atoms with Crippen molar-refractivity contribution < 1.29 is 18.3 Å². The minimum absolute atomic E-state index is 0.0229. The summed E-state index contributed by atoms with van der Waals surface area (Å²) >= 11 is 11.3. The lowest BCUT2D eigenvalue weighted by molar-refractivity contribution is -0.124. The maximum atomic E-state index is 14.4. The summed E-state index contributed by atoms with van der Waals surface area (Å²) in [5.41, 5.74) is 1.58. The molecule has 2 aromatic rings. The number of benzene rings is 1. The van der Waals surface area contributed by atoms with Crippen LogP contribution in [0.1, 0.15) is 22.9 Å². The van der Waals surface area contributed by atoms with Crippen LogP contribution in [0.25, 0.3) is 0 Å². The molecule has 0 unspecified atom stereocenters. The van der Waals surface area contributed by atoms with Gasteiger partial charge in [-0.3, -0.25) is 4.79 Å². The molecule has 0 spiro atoms. The summed E-state index contributed by atoms with van der Waals surface area (Å²) in [6.45, 7) is 1.40. The van der Waals surface area contributed by atoms with E-state index < -0.39 is 17.6 Å². The van der Waals surface area contributed by atoms with Gasteiger partial charge in [0, 0.05) is 36.5 Å². The molecule has 9 heteroatoms. The van der Waals surface area contributed by atoms with Crippen molar-refractivity contribution in [1.29, 1.82) is 0 Å². The fourth-order valence-electron chi connectivity index (χ4n) is 3.78. The monoisotopic (exact) mass is 413 g/mol. The minimum Gasteiger partial charge on any atom is -0.377 e. The molecule has 27 heavy (non-hydrogen) atoms. The number of nitrogens with zero attached hydrogens (tertiary/aromatic N) is 2. The lowest BCUT2D eigenvalue weighted by atomic mass is 9.95. The minimum atomic E-state index is -0.730. The second-order valence-corrected chi connectivity index (χ2v) is 7.75. The zero-order valence-electron chi connectivity index (χ0n) is 14.6. The molecule has 0 aliphatic carbocycles. The first-order chi connectivity index (χ1) is 12.9. The smallest absolute Gasteiger partial charge is 0.226 e. The maximum Gasteiger partial charge on any atom is 0.226 e. The molecule has 1 N–H and O–H groups in total. The molecule has 2 aliphatic heterocycles. The van der Waals surface area contributed by atoms with E-state index in [1.165, 1.54) is 12.1 Å². The molecule has 1 atom stereocenters. The largest absolute Gasteiger partial charge is 0.377 e. The fraction of sp³-hybridized carbons (Fsp3) is 0.444. The molecule has 5 nitrogen and oxygen atoms in total. The number of hydrogen-bond donors (Lipinski definition) is 1. The Morgan fingerprint density at radius 1 is 1.41 bits per heavy atom. The van der Waals surface area contributed by atoms with Crippen LogP contribution in [-0.2, 0) is 36.0 Å². The van der Waals surface area contributed by atoms with Gasteiger partial charge in [0.25, 0.3) is 0 Å². The Morgan fingerprint density at radius 3 is 2.81 bits per heavy atom. The zero-order valence-corrected chi connectivity index (χ0v) is 16.2. The number of halogens is 3. The lowest BCUT2D eigenvalue weighted by Gasteiger charge is -2.26. The number of hydrogen-bond acceptors (Lipinski definition) is 3. The molecule has 1 amide bonds. The number of imidazole rings is 1. The molecule has 0 saturated carbocycles. The van der Waals surface area contributed by atoms with Crippen LogP contribution in [0.5, 0.6) is 0 Å². The van der Waals surface area contributed by atoms with Gasteiger partial charge in [-0.15, -0.1) is 0 Å². The van der Waals surface area contributed by atoms with Crippen molar-refractivity contribution in [1.82, 2.24) is 14.5 Å². The number of fused-ring (bicyclic) bond motifs is 1. The van der Waals surface area contributed by atoms with E-state index in [4.69, 9.17) is 28.6 Å². The third kappa shape index (κ3) is 3.19. The maximum absolute atomic E-state index is 14.4. The molecule has 4 rings (SSSR count). The highest BCUT2D eigenvalue weighted by Gasteiger charge is 2.33. The van der Waals surface area contributed by atoms with Crippen LogP contribution in [0.4, 0.5) is 8.78 Å². The number of carbonyl (C=O) groups is 1. The fourth-order valence-corrected chi connectivity index (χ4v) is 4.24. The molecule has 1 aromatic carbocycles. The summed E-state index contributed by atoms with van der Waals surface area (Å²) in [6.07, 6.45) is 0.556. The molecule has 0 radical (unpaired) electrons. The SMILES string of the molecule is Cn1c(CC(=O)NC2COC2)c2n(c1=S)C[C@H](c1c(F)ccc(Cl)c1F)C2. The molecule has 2 aliphatic rings. The van der Waals surface area contributed by atoms with Gasteiger partial charge in [-0.1, -0.05) is 11.6 Å². The van der Waals surface area contributed by atoms with Crippen molar-refractivity contribution in [3.8, 4) is 0 Å². The zero-order chi connectivity index (χ0) is 19.3. The second kappa shape index (κ2) is 7.00. The Balaban J connectivity index is 1.62. The first-order valence-corrected chi connectivity index (χ1v) is 9.43. The van der Waals surface area contributed by atoms with Gasteiger partial charge in [-0.05, 0) is 30.8 Å². The van der Waals surface area contributed by atoms with Gasteiger partial charge < -0.3 is 19.2 Å². The Bertz CT molecular complexity index is 984. The molecule has 1 fully saturated rings. The van der Waals surface area contributed by atoms with Gasteiger partial charge in [0.05, 0.1) is 30.7 Å². The molecule has 144 valence electrons. The highest BCUT2D eigenvalue weighted by atomic mass is 35.5. The van der Waals surface area contributed by atoms with Crippen molar-refractivity contribution in [3.05, 3.63) is 50.5 Å². The van der Waals surface area contributed by atoms with Crippen molar-refractivity contribution in [2.45, 2.75) is 31.3 Å². The van der Waals surface area contributed by atoms with E-state index in [0.29, 0.717) is 31.0 Å². The van der Waals surface area contributed by atoms with Crippen molar-refractivity contribution in [2.24, 2.45) is 7.05 Å². The number of nitrogens with one attached hydrogen (secondary N) is 1. The number of carbonyl (C=O) groups excluding carboxylic acids is 1. The van der Waals surface area contributed by atoms with Gasteiger partial charge in [0.2, 0.25) is 5.91 Å². The van der Waals surface area contributed by atoms with E-state index in [2.05, 4.69) is 5.32 Å². The van der Waals surface area contributed by atoms with Crippen molar-refractivity contribution in [3.63, 3.8) is 0 Å². The van der Waals surface area contributed by atoms with Gasteiger partial charge in [-0.25, -0.2) is 8.78 Å². The van der Waals surface area contributed by atoms with Crippen LogP contribution in [0.3, 0.4) is 0 Å². The number of rotatable bonds is 4. The van der Waals surface area contributed by atoms with E-state index in [9.17, 15) is 13.6 Å². The average molecular weight is 414 g/mol. The standard InChI is InChI=1S/C18H18ClF2N3O2S/c1-23-13(5-15(25)22-10-7-26-8-10)14-4-9(6-24(14)18(23)27)16-12(20)3-2-11(19)17(16)21/h2-3,9-10H,4-8H2,1H3,(H,22,25)/t9-/m1/s1. The molecular weight excluding hydrogens is 396 g/mol. The van der Waals surface area contributed by atoms with Crippen LogP contribution in [0.2, 0.25) is 5.02 Å². The average Bonchev–Trinajstić information content (AvgIpc) is 3.10. The summed E-state index contributed by atoms with van der Waals surface area (Å²) in [6, 6.07) is 2.44. The third-order valence-corrected chi connectivity index (χ3v) is 6.03.